The van der Waals surface area contributed by atoms with Crippen LogP contribution in [-0.4, -0.2) is 39.1 Å². The fourth-order valence-corrected chi connectivity index (χ4v) is 3.51. The van der Waals surface area contributed by atoms with E-state index in [4.69, 9.17) is 4.74 Å². The number of hydrogen-bond donors (Lipinski definition) is 1. The Bertz CT molecular complexity index is 660. The molecule has 0 saturated carbocycles. The van der Waals surface area contributed by atoms with Crippen molar-refractivity contribution in [2.45, 2.75) is 29.8 Å². The summed E-state index contributed by atoms with van der Waals surface area (Å²) in [5.41, 5.74) is -0.0286. The van der Waals surface area contributed by atoms with E-state index in [1.165, 1.54) is 12.1 Å². The van der Waals surface area contributed by atoms with Gasteiger partial charge in [0.15, 0.2) is 15.6 Å². The molecular formula is C14H17NO4S. The van der Waals surface area contributed by atoms with Crippen LogP contribution in [0.2, 0.25) is 0 Å². The summed E-state index contributed by atoms with van der Waals surface area (Å²) in [6.45, 7) is 1.67. The Hall–Kier alpha value is -1.40. The summed E-state index contributed by atoms with van der Waals surface area (Å²) >= 11 is 0. The monoisotopic (exact) mass is 295 g/mol. The highest BCUT2D eigenvalue weighted by Gasteiger charge is 2.41. The molecule has 108 valence electrons. The maximum Gasteiger partial charge on any atom is 0.175 e. The highest BCUT2D eigenvalue weighted by molar-refractivity contribution is 7.90. The summed E-state index contributed by atoms with van der Waals surface area (Å²) in [4.78, 5) is 12.5. The number of fused-ring (bicyclic) bond motifs is 1. The quantitative estimate of drug-likeness (QED) is 0.842. The maximum absolute atomic E-state index is 12.3. The molecule has 1 fully saturated rings. The third-order valence-electron chi connectivity index (χ3n) is 4.00. The number of piperidine rings is 1. The largest absolute Gasteiger partial charge is 0.486 e. The van der Waals surface area contributed by atoms with E-state index >= 15 is 0 Å². The van der Waals surface area contributed by atoms with E-state index in [-0.39, 0.29) is 10.7 Å². The van der Waals surface area contributed by atoms with Crippen molar-refractivity contribution in [2.24, 2.45) is 0 Å². The summed E-state index contributed by atoms with van der Waals surface area (Å²) in [6.07, 6.45) is 3.06. The van der Waals surface area contributed by atoms with E-state index in [9.17, 15) is 13.2 Å². The van der Waals surface area contributed by atoms with Crippen LogP contribution < -0.4 is 10.1 Å². The lowest BCUT2D eigenvalue weighted by Gasteiger charge is -2.40. The van der Waals surface area contributed by atoms with E-state index in [1.807, 2.05) is 0 Å². The van der Waals surface area contributed by atoms with Crippen molar-refractivity contribution >= 4 is 15.6 Å². The molecule has 2 heterocycles. The van der Waals surface area contributed by atoms with Crippen LogP contribution in [0.15, 0.2) is 23.1 Å². The second-order valence-electron chi connectivity index (χ2n) is 5.57. The molecule has 2 aliphatic rings. The molecule has 0 atom stereocenters. The van der Waals surface area contributed by atoms with E-state index < -0.39 is 15.4 Å². The zero-order valence-corrected chi connectivity index (χ0v) is 12.1. The van der Waals surface area contributed by atoms with Crippen molar-refractivity contribution in [3.05, 3.63) is 23.8 Å². The predicted octanol–water partition coefficient (Wildman–Crippen LogP) is 1.18. The SMILES string of the molecule is CS(=O)(=O)c1ccc2c(c1)C(=O)CC1(CCNCC1)O2. The van der Waals surface area contributed by atoms with Gasteiger partial charge in [0.25, 0.3) is 0 Å². The number of ether oxygens (including phenoxy) is 1. The Balaban J connectivity index is 2.00. The lowest BCUT2D eigenvalue weighted by Crippen LogP contribution is -2.49. The fraction of sp³-hybridized carbons (Fsp3) is 0.500. The van der Waals surface area contributed by atoms with Crippen LogP contribution >= 0.6 is 0 Å². The lowest BCUT2D eigenvalue weighted by molar-refractivity contribution is 0.0187. The molecule has 20 heavy (non-hydrogen) atoms. The average Bonchev–Trinajstić information content (AvgIpc) is 2.38. The normalized spacial score (nSPS) is 21.4. The van der Waals surface area contributed by atoms with Crippen LogP contribution in [0.25, 0.3) is 0 Å². The van der Waals surface area contributed by atoms with Gasteiger partial charge in [0.1, 0.15) is 11.4 Å². The molecule has 0 aromatic heterocycles. The van der Waals surface area contributed by atoms with E-state index in [0.717, 1.165) is 32.2 Å². The van der Waals surface area contributed by atoms with Crippen LogP contribution in [0.4, 0.5) is 0 Å². The van der Waals surface area contributed by atoms with Gasteiger partial charge in [-0.05, 0) is 31.3 Å². The van der Waals surface area contributed by atoms with Crippen LogP contribution in [0.3, 0.4) is 0 Å². The van der Waals surface area contributed by atoms with Gasteiger partial charge in [-0.2, -0.15) is 0 Å². The predicted molar refractivity (Wildman–Crippen MR) is 74.0 cm³/mol. The molecule has 1 spiro atoms. The summed E-state index contributed by atoms with van der Waals surface area (Å²) in [7, 11) is -3.31. The first-order valence-corrected chi connectivity index (χ1v) is 8.56. The maximum atomic E-state index is 12.3. The number of ketones is 1. The molecule has 5 nitrogen and oxygen atoms in total. The molecule has 6 heteroatoms. The van der Waals surface area contributed by atoms with Crippen molar-refractivity contribution < 1.29 is 17.9 Å². The molecule has 1 saturated heterocycles. The van der Waals surface area contributed by atoms with Gasteiger partial charge >= 0.3 is 0 Å². The standard InChI is InChI=1S/C14H17NO4S/c1-20(17,18)10-2-3-13-11(8-10)12(16)9-14(19-13)4-6-15-7-5-14/h2-3,8,15H,4-7,9H2,1H3. The van der Waals surface area contributed by atoms with Crippen molar-refractivity contribution in [3.63, 3.8) is 0 Å². The van der Waals surface area contributed by atoms with E-state index in [2.05, 4.69) is 5.32 Å². The smallest absolute Gasteiger partial charge is 0.175 e. The van der Waals surface area contributed by atoms with E-state index in [1.54, 1.807) is 6.07 Å². The molecule has 0 unspecified atom stereocenters. The number of carbonyl (C=O) groups excluding carboxylic acids is 1. The van der Waals surface area contributed by atoms with Crippen LogP contribution in [0, 0.1) is 0 Å². The Labute approximate surface area is 118 Å². The van der Waals surface area contributed by atoms with Crippen LogP contribution in [0.5, 0.6) is 5.75 Å². The number of benzene rings is 1. The molecule has 0 amide bonds. The van der Waals surface area contributed by atoms with Gasteiger partial charge in [-0.25, -0.2) is 8.42 Å². The van der Waals surface area contributed by atoms with Crippen molar-refractivity contribution in [1.82, 2.24) is 5.32 Å². The first-order valence-electron chi connectivity index (χ1n) is 6.67. The summed E-state index contributed by atoms with van der Waals surface area (Å²) in [5, 5.41) is 3.25. The topological polar surface area (TPSA) is 72.5 Å². The van der Waals surface area contributed by atoms with Gasteiger partial charge in [0.05, 0.1) is 16.9 Å². The Morgan fingerprint density at radius 3 is 2.60 bits per heavy atom. The summed E-state index contributed by atoms with van der Waals surface area (Å²) in [6, 6.07) is 4.54. The third-order valence-corrected chi connectivity index (χ3v) is 5.11. The van der Waals surface area contributed by atoms with E-state index in [0.29, 0.717) is 17.7 Å². The zero-order valence-electron chi connectivity index (χ0n) is 11.3. The zero-order chi connectivity index (χ0) is 14.4. The Morgan fingerprint density at radius 2 is 1.95 bits per heavy atom. The van der Waals surface area contributed by atoms with Crippen LogP contribution in [-0.2, 0) is 9.84 Å². The highest BCUT2D eigenvalue weighted by Crippen LogP contribution is 2.38. The number of Topliss-reactive ketones (excluding diaryl/α,β-unsaturated/α-hetero) is 1. The minimum Gasteiger partial charge on any atom is -0.486 e. The molecular weight excluding hydrogens is 278 g/mol. The number of nitrogens with one attached hydrogen (secondary N) is 1. The second-order valence-corrected chi connectivity index (χ2v) is 7.58. The van der Waals surface area contributed by atoms with Gasteiger partial charge in [-0.3, -0.25) is 4.79 Å². The first kappa shape index (κ1) is 13.6. The van der Waals surface area contributed by atoms with Gasteiger partial charge in [0.2, 0.25) is 0 Å². The fourth-order valence-electron chi connectivity index (χ4n) is 2.87. The molecule has 0 bridgehead atoms. The second kappa shape index (κ2) is 4.56. The highest BCUT2D eigenvalue weighted by atomic mass is 32.2. The molecule has 1 N–H and O–H groups in total. The first-order chi connectivity index (χ1) is 9.40. The summed E-state index contributed by atoms with van der Waals surface area (Å²) in [5.74, 6) is 0.481. The van der Waals surface area contributed by atoms with Crippen molar-refractivity contribution in [2.75, 3.05) is 19.3 Å². The average molecular weight is 295 g/mol. The number of carbonyl (C=O) groups is 1. The number of rotatable bonds is 1. The lowest BCUT2D eigenvalue weighted by atomic mass is 9.83. The third kappa shape index (κ3) is 2.33. The molecule has 2 aliphatic heterocycles. The molecule has 0 radical (unpaired) electrons. The number of hydrogen-bond acceptors (Lipinski definition) is 5. The van der Waals surface area contributed by atoms with Gasteiger partial charge < -0.3 is 10.1 Å². The van der Waals surface area contributed by atoms with Crippen molar-refractivity contribution in [3.8, 4) is 5.75 Å². The van der Waals surface area contributed by atoms with Gasteiger partial charge in [-0.1, -0.05) is 0 Å². The Kier molecular flexibility index (Phi) is 3.10. The molecule has 1 aromatic carbocycles. The van der Waals surface area contributed by atoms with Crippen molar-refractivity contribution in [1.29, 1.82) is 0 Å². The molecule has 3 rings (SSSR count). The van der Waals surface area contributed by atoms with Crippen LogP contribution in [0.1, 0.15) is 29.6 Å². The van der Waals surface area contributed by atoms with Gasteiger partial charge in [-0.15, -0.1) is 0 Å². The minimum atomic E-state index is -3.31. The molecule has 0 aliphatic carbocycles. The molecule has 1 aromatic rings. The van der Waals surface area contributed by atoms with Gasteiger partial charge in [0, 0.05) is 19.1 Å². The Morgan fingerprint density at radius 1 is 1.25 bits per heavy atom. The summed E-state index contributed by atoms with van der Waals surface area (Å²) < 4.78 is 29.2. The number of sulfone groups is 1. The minimum absolute atomic E-state index is 0.0290.